The molecule has 1 aromatic carbocycles. The molecule has 0 spiro atoms. The average Bonchev–Trinajstić information content (AvgIpc) is 2.54. The number of fused-ring (bicyclic) bond motifs is 1. The SMILES string of the molecule is CCSc1nc(=O)c2c(n1C)NC(=O)C[C@H]2c1cccc(Cl)c1Cl. The molecule has 3 rings (SSSR count). The zero-order valence-electron chi connectivity index (χ0n) is 13.1. The van der Waals surface area contributed by atoms with E-state index < -0.39 is 5.92 Å². The monoisotopic (exact) mass is 383 g/mol. The molecule has 0 saturated carbocycles. The highest BCUT2D eigenvalue weighted by Gasteiger charge is 2.33. The van der Waals surface area contributed by atoms with E-state index in [1.54, 1.807) is 29.8 Å². The van der Waals surface area contributed by atoms with Crippen LogP contribution in [0.5, 0.6) is 0 Å². The number of carbonyl (C=O) groups is 1. The summed E-state index contributed by atoms with van der Waals surface area (Å²) in [5.74, 6) is 0.614. The summed E-state index contributed by atoms with van der Waals surface area (Å²) in [4.78, 5) is 29.0. The topological polar surface area (TPSA) is 64.0 Å². The lowest BCUT2D eigenvalue weighted by atomic mass is 9.86. The molecular formula is C16H15Cl2N3O2S. The molecule has 1 aliphatic rings. The third-order valence-corrected chi connectivity index (χ3v) is 5.68. The summed E-state index contributed by atoms with van der Waals surface area (Å²) in [7, 11) is 1.78. The van der Waals surface area contributed by atoms with Gasteiger partial charge in [-0.15, -0.1) is 0 Å². The van der Waals surface area contributed by atoms with Crippen molar-refractivity contribution in [2.75, 3.05) is 11.1 Å². The van der Waals surface area contributed by atoms with Crippen LogP contribution < -0.4 is 10.9 Å². The predicted molar refractivity (Wildman–Crippen MR) is 97.4 cm³/mol. The Morgan fingerprint density at radius 3 is 2.83 bits per heavy atom. The fourth-order valence-corrected chi connectivity index (χ4v) is 3.98. The van der Waals surface area contributed by atoms with E-state index in [0.717, 1.165) is 5.75 Å². The van der Waals surface area contributed by atoms with Gasteiger partial charge in [-0.05, 0) is 17.4 Å². The molecule has 1 aliphatic heterocycles. The van der Waals surface area contributed by atoms with Crippen LogP contribution >= 0.6 is 35.0 Å². The molecule has 2 aromatic rings. The molecule has 1 aromatic heterocycles. The molecule has 24 heavy (non-hydrogen) atoms. The van der Waals surface area contributed by atoms with Crippen LogP contribution in [0.2, 0.25) is 10.0 Å². The van der Waals surface area contributed by atoms with Crippen LogP contribution in [0.15, 0.2) is 28.2 Å². The second kappa shape index (κ2) is 6.78. The first kappa shape index (κ1) is 17.3. The van der Waals surface area contributed by atoms with Gasteiger partial charge in [0, 0.05) is 19.4 Å². The van der Waals surface area contributed by atoms with Gasteiger partial charge in [0.15, 0.2) is 5.16 Å². The number of amides is 1. The van der Waals surface area contributed by atoms with E-state index in [-0.39, 0.29) is 17.9 Å². The highest BCUT2D eigenvalue weighted by Crippen LogP contribution is 2.40. The van der Waals surface area contributed by atoms with E-state index in [2.05, 4.69) is 10.3 Å². The Balaban J connectivity index is 2.24. The van der Waals surface area contributed by atoms with Crippen LogP contribution in [0.4, 0.5) is 5.82 Å². The van der Waals surface area contributed by atoms with Crippen molar-refractivity contribution < 1.29 is 4.79 Å². The molecule has 1 N–H and O–H groups in total. The van der Waals surface area contributed by atoms with E-state index in [0.29, 0.717) is 32.1 Å². The average molecular weight is 384 g/mol. The first-order valence-corrected chi connectivity index (χ1v) is 9.15. The van der Waals surface area contributed by atoms with Gasteiger partial charge in [-0.1, -0.05) is 54.0 Å². The van der Waals surface area contributed by atoms with Gasteiger partial charge in [0.05, 0.1) is 15.6 Å². The molecule has 1 atom stereocenters. The summed E-state index contributed by atoms with van der Waals surface area (Å²) < 4.78 is 1.74. The zero-order valence-corrected chi connectivity index (χ0v) is 15.4. The van der Waals surface area contributed by atoms with Crippen LogP contribution in [-0.4, -0.2) is 21.2 Å². The van der Waals surface area contributed by atoms with Crippen molar-refractivity contribution in [1.29, 1.82) is 0 Å². The quantitative estimate of drug-likeness (QED) is 0.648. The van der Waals surface area contributed by atoms with E-state index in [9.17, 15) is 9.59 Å². The van der Waals surface area contributed by atoms with Crippen LogP contribution in [0.1, 0.15) is 30.4 Å². The van der Waals surface area contributed by atoms with Crippen molar-refractivity contribution >= 4 is 46.7 Å². The smallest absolute Gasteiger partial charge is 0.279 e. The van der Waals surface area contributed by atoms with Gasteiger partial charge in [0.25, 0.3) is 5.56 Å². The summed E-state index contributed by atoms with van der Waals surface area (Å²) in [6.45, 7) is 1.98. The number of benzene rings is 1. The van der Waals surface area contributed by atoms with E-state index in [1.165, 1.54) is 11.8 Å². The third kappa shape index (κ3) is 2.94. The molecule has 8 heteroatoms. The van der Waals surface area contributed by atoms with Gasteiger partial charge in [0.2, 0.25) is 5.91 Å². The highest BCUT2D eigenvalue weighted by atomic mass is 35.5. The van der Waals surface area contributed by atoms with Crippen molar-refractivity contribution in [3.63, 3.8) is 0 Å². The van der Waals surface area contributed by atoms with Gasteiger partial charge >= 0.3 is 0 Å². The minimum atomic E-state index is -0.466. The lowest BCUT2D eigenvalue weighted by Crippen LogP contribution is -2.33. The Kier molecular flexibility index (Phi) is 4.90. The molecule has 1 amide bonds. The Morgan fingerprint density at radius 1 is 1.38 bits per heavy atom. The van der Waals surface area contributed by atoms with E-state index >= 15 is 0 Å². The van der Waals surface area contributed by atoms with E-state index in [1.807, 2.05) is 6.92 Å². The summed E-state index contributed by atoms with van der Waals surface area (Å²) in [6.07, 6.45) is 0.129. The minimum absolute atomic E-state index is 0.129. The fourth-order valence-electron chi connectivity index (χ4n) is 2.85. The molecule has 0 fully saturated rings. The zero-order chi connectivity index (χ0) is 17.4. The number of hydrogen-bond acceptors (Lipinski definition) is 4. The number of halogens is 2. The standard InChI is InChI=1S/C16H15Cl2N3O2S/c1-3-24-16-20-15(23)12-9(7-11(22)19-14(12)21(16)2)8-5-4-6-10(17)13(8)18/h4-6,9H,3,7H2,1-2H3,(H,19,22)/t9-/m0/s1. The first-order chi connectivity index (χ1) is 11.4. The second-order valence-electron chi connectivity index (χ2n) is 5.40. The lowest BCUT2D eigenvalue weighted by molar-refractivity contribution is -0.116. The summed E-state index contributed by atoms with van der Waals surface area (Å²) in [5, 5.41) is 4.12. The summed E-state index contributed by atoms with van der Waals surface area (Å²) >= 11 is 13.9. The summed E-state index contributed by atoms with van der Waals surface area (Å²) in [5.41, 5.74) is 0.761. The summed E-state index contributed by atoms with van der Waals surface area (Å²) in [6, 6.07) is 5.22. The van der Waals surface area contributed by atoms with Crippen molar-refractivity contribution in [3.05, 3.63) is 49.7 Å². The normalized spacial score (nSPS) is 16.7. The number of carbonyl (C=O) groups excluding carboxylic acids is 1. The molecule has 0 bridgehead atoms. The maximum atomic E-state index is 12.6. The van der Waals surface area contributed by atoms with Gasteiger partial charge in [0.1, 0.15) is 5.82 Å². The molecule has 0 saturated heterocycles. The van der Waals surface area contributed by atoms with Crippen molar-refractivity contribution in [3.8, 4) is 0 Å². The van der Waals surface area contributed by atoms with Crippen LogP contribution in [0.3, 0.4) is 0 Å². The molecule has 0 radical (unpaired) electrons. The molecule has 126 valence electrons. The van der Waals surface area contributed by atoms with Gasteiger partial charge in [-0.25, -0.2) is 0 Å². The number of rotatable bonds is 3. The van der Waals surface area contributed by atoms with Crippen LogP contribution in [0.25, 0.3) is 0 Å². The van der Waals surface area contributed by atoms with Crippen LogP contribution in [-0.2, 0) is 11.8 Å². The molecular weight excluding hydrogens is 369 g/mol. The second-order valence-corrected chi connectivity index (χ2v) is 7.42. The van der Waals surface area contributed by atoms with Gasteiger partial charge < -0.3 is 9.88 Å². The maximum absolute atomic E-state index is 12.6. The Morgan fingerprint density at radius 2 is 2.12 bits per heavy atom. The highest BCUT2D eigenvalue weighted by molar-refractivity contribution is 7.99. The first-order valence-electron chi connectivity index (χ1n) is 7.41. The predicted octanol–water partition coefficient (Wildman–Crippen LogP) is 3.67. The molecule has 0 unspecified atom stereocenters. The number of thioether (sulfide) groups is 1. The Hall–Kier alpha value is -1.50. The van der Waals surface area contributed by atoms with Gasteiger partial charge in [-0.3, -0.25) is 9.59 Å². The minimum Gasteiger partial charge on any atom is -0.312 e. The van der Waals surface area contributed by atoms with Crippen molar-refractivity contribution in [2.24, 2.45) is 7.05 Å². The number of nitrogens with zero attached hydrogens (tertiary/aromatic N) is 2. The number of anilines is 1. The van der Waals surface area contributed by atoms with Crippen molar-refractivity contribution in [1.82, 2.24) is 9.55 Å². The van der Waals surface area contributed by atoms with Gasteiger partial charge in [-0.2, -0.15) is 4.98 Å². The lowest BCUT2D eigenvalue weighted by Gasteiger charge is -2.28. The largest absolute Gasteiger partial charge is 0.312 e. The third-order valence-electron chi connectivity index (χ3n) is 3.93. The number of nitrogens with one attached hydrogen (secondary N) is 1. The Bertz CT molecular complexity index is 882. The fraction of sp³-hybridized carbons (Fsp3) is 0.312. The number of aromatic nitrogens is 2. The number of hydrogen-bond donors (Lipinski definition) is 1. The molecule has 0 aliphatic carbocycles. The van der Waals surface area contributed by atoms with Crippen LogP contribution in [0, 0.1) is 0 Å². The Labute approximate surface area is 153 Å². The van der Waals surface area contributed by atoms with Crippen molar-refractivity contribution in [2.45, 2.75) is 24.4 Å². The molecule has 2 heterocycles. The van der Waals surface area contributed by atoms with E-state index in [4.69, 9.17) is 23.2 Å². The molecule has 5 nitrogen and oxygen atoms in total. The maximum Gasteiger partial charge on any atom is 0.279 e.